The Balaban J connectivity index is 2.72. The maximum atomic E-state index is 11.8. The molecule has 1 aromatic rings. The van der Waals surface area contributed by atoms with Crippen LogP contribution >= 0.6 is 0 Å². The molecule has 14 heavy (non-hydrogen) atoms. The monoisotopic (exact) mass is 190 g/mol. The topological polar surface area (TPSA) is 21.5 Å². The molecule has 0 aliphatic heterocycles. The van der Waals surface area contributed by atoms with Gasteiger partial charge in [-0.05, 0) is 0 Å². The molecular formula is C12H16NO+. The summed E-state index contributed by atoms with van der Waals surface area (Å²) in [6, 6.07) is 9.26. The van der Waals surface area contributed by atoms with E-state index in [9.17, 15) is 4.79 Å². The van der Waals surface area contributed by atoms with Crippen molar-refractivity contribution < 1.29 is 9.69 Å². The minimum atomic E-state index is 0.0480. The van der Waals surface area contributed by atoms with E-state index in [1.807, 2.05) is 44.4 Å². The van der Waals surface area contributed by atoms with Crippen LogP contribution in [0.15, 0.2) is 42.5 Å². The maximum Gasteiger partial charge on any atom is 0.194 e. The summed E-state index contributed by atoms with van der Waals surface area (Å²) in [6.45, 7) is 4.49. The first kappa shape index (κ1) is 10.7. The summed E-state index contributed by atoms with van der Waals surface area (Å²) in [6.07, 6.45) is 0. The number of nitrogens with one attached hydrogen (secondary N) is 1. The molecule has 0 saturated carbocycles. The van der Waals surface area contributed by atoms with Crippen molar-refractivity contribution in [2.75, 3.05) is 20.6 Å². The van der Waals surface area contributed by atoms with Crippen LogP contribution in [0.5, 0.6) is 0 Å². The van der Waals surface area contributed by atoms with E-state index in [2.05, 4.69) is 6.58 Å². The third kappa shape index (κ3) is 2.82. The third-order valence-electron chi connectivity index (χ3n) is 1.92. The fourth-order valence-electron chi connectivity index (χ4n) is 1.30. The molecule has 0 spiro atoms. The largest absolute Gasteiger partial charge is 0.336 e. The zero-order valence-electron chi connectivity index (χ0n) is 8.71. The predicted molar refractivity (Wildman–Crippen MR) is 57.6 cm³/mol. The van der Waals surface area contributed by atoms with Gasteiger partial charge in [0.15, 0.2) is 5.78 Å². The molecule has 0 atom stereocenters. The summed E-state index contributed by atoms with van der Waals surface area (Å²) in [5.41, 5.74) is 1.38. The standard InChI is InChI=1S/C12H15NO/c1-10(9-13(2)3)12(14)11-7-5-4-6-8-11/h4-8H,1,9H2,2-3H3/p+1. The summed E-state index contributed by atoms with van der Waals surface area (Å²) < 4.78 is 0. The average Bonchev–Trinajstić information content (AvgIpc) is 2.17. The smallest absolute Gasteiger partial charge is 0.194 e. The Morgan fingerprint density at radius 1 is 1.29 bits per heavy atom. The van der Waals surface area contributed by atoms with Gasteiger partial charge >= 0.3 is 0 Å². The van der Waals surface area contributed by atoms with Crippen LogP contribution in [0.3, 0.4) is 0 Å². The highest BCUT2D eigenvalue weighted by Gasteiger charge is 2.11. The number of hydrogen-bond donors (Lipinski definition) is 1. The second-order valence-electron chi connectivity index (χ2n) is 3.68. The number of likely N-dealkylation sites (N-methyl/N-ethyl adjacent to an activating group) is 1. The van der Waals surface area contributed by atoms with Gasteiger partial charge in [0.05, 0.1) is 14.1 Å². The maximum absolute atomic E-state index is 11.8. The van der Waals surface area contributed by atoms with E-state index >= 15 is 0 Å². The lowest BCUT2D eigenvalue weighted by Gasteiger charge is -2.08. The lowest BCUT2D eigenvalue weighted by Crippen LogP contribution is -3.06. The first-order valence-corrected chi connectivity index (χ1v) is 4.68. The molecule has 74 valence electrons. The van der Waals surface area contributed by atoms with Gasteiger partial charge in [-0.3, -0.25) is 4.79 Å². The molecule has 0 radical (unpaired) electrons. The molecule has 0 amide bonds. The summed E-state index contributed by atoms with van der Waals surface area (Å²) >= 11 is 0. The SMILES string of the molecule is C=C(C[NH+](C)C)C(=O)c1ccccc1. The van der Waals surface area contributed by atoms with Gasteiger partial charge in [-0.15, -0.1) is 0 Å². The van der Waals surface area contributed by atoms with E-state index in [-0.39, 0.29) is 5.78 Å². The fourth-order valence-corrected chi connectivity index (χ4v) is 1.30. The zero-order valence-corrected chi connectivity index (χ0v) is 8.71. The molecule has 2 heteroatoms. The Kier molecular flexibility index (Phi) is 3.60. The number of benzene rings is 1. The van der Waals surface area contributed by atoms with Crippen molar-refractivity contribution in [3.63, 3.8) is 0 Å². The number of Topliss-reactive ketones (excluding diaryl/α,β-unsaturated/α-hetero) is 1. The molecule has 0 aliphatic carbocycles. The van der Waals surface area contributed by atoms with E-state index in [0.29, 0.717) is 12.1 Å². The first-order chi connectivity index (χ1) is 6.61. The van der Waals surface area contributed by atoms with Crippen molar-refractivity contribution in [3.05, 3.63) is 48.0 Å². The van der Waals surface area contributed by atoms with Gasteiger partial charge < -0.3 is 4.90 Å². The molecule has 0 heterocycles. The minimum Gasteiger partial charge on any atom is -0.336 e. The van der Waals surface area contributed by atoms with Crippen molar-refractivity contribution >= 4 is 5.78 Å². The Morgan fingerprint density at radius 2 is 1.86 bits per heavy atom. The quantitative estimate of drug-likeness (QED) is 0.544. The lowest BCUT2D eigenvalue weighted by atomic mass is 10.0. The van der Waals surface area contributed by atoms with Crippen LogP contribution in [0.1, 0.15) is 10.4 Å². The summed E-state index contributed by atoms with van der Waals surface area (Å²) in [5.74, 6) is 0.0480. The van der Waals surface area contributed by atoms with E-state index in [4.69, 9.17) is 0 Å². The summed E-state index contributed by atoms with van der Waals surface area (Å²) in [5, 5.41) is 0. The number of hydrogen-bond acceptors (Lipinski definition) is 1. The van der Waals surface area contributed by atoms with Crippen molar-refractivity contribution in [1.82, 2.24) is 0 Å². The molecule has 0 unspecified atom stereocenters. The number of rotatable bonds is 4. The van der Waals surface area contributed by atoms with Crippen molar-refractivity contribution in [2.45, 2.75) is 0 Å². The second kappa shape index (κ2) is 4.72. The van der Waals surface area contributed by atoms with Crippen molar-refractivity contribution in [3.8, 4) is 0 Å². The Bertz CT molecular complexity index is 327. The second-order valence-corrected chi connectivity index (χ2v) is 3.68. The van der Waals surface area contributed by atoms with Crippen LogP contribution in [-0.2, 0) is 0 Å². The molecule has 0 fully saturated rings. The normalized spacial score (nSPS) is 10.2. The van der Waals surface area contributed by atoms with Crippen LogP contribution in [0.2, 0.25) is 0 Å². The van der Waals surface area contributed by atoms with Gasteiger partial charge in [-0.25, -0.2) is 0 Å². The van der Waals surface area contributed by atoms with Gasteiger partial charge in [-0.2, -0.15) is 0 Å². The molecule has 0 saturated heterocycles. The highest BCUT2D eigenvalue weighted by atomic mass is 16.1. The molecule has 0 aromatic heterocycles. The zero-order chi connectivity index (χ0) is 10.6. The van der Waals surface area contributed by atoms with E-state index in [0.717, 1.165) is 5.56 Å². The number of ketones is 1. The van der Waals surface area contributed by atoms with Crippen molar-refractivity contribution in [2.24, 2.45) is 0 Å². The van der Waals surface area contributed by atoms with Crippen LogP contribution in [0.25, 0.3) is 0 Å². The number of carbonyl (C=O) groups is 1. The first-order valence-electron chi connectivity index (χ1n) is 4.68. The van der Waals surface area contributed by atoms with Gasteiger partial charge in [0.2, 0.25) is 0 Å². The fraction of sp³-hybridized carbons (Fsp3) is 0.250. The molecule has 2 nitrogen and oxygen atoms in total. The van der Waals surface area contributed by atoms with Crippen LogP contribution in [-0.4, -0.2) is 26.4 Å². The average molecular weight is 190 g/mol. The molecule has 1 N–H and O–H groups in total. The van der Waals surface area contributed by atoms with Gasteiger partial charge in [-0.1, -0.05) is 36.9 Å². The number of carbonyl (C=O) groups excluding carboxylic acids is 1. The Hall–Kier alpha value is -1.41. The Labute approximate surface area is 84.9 Å². The molecule has 0 aliphatic rings. The third-order valence-corrected chi connectivity index (χ3v) is 1.92. The van der Waals surface area contributed by atoms with Crippen molar-refractivity contribution in [1.29, 1.82) is 0 Å². The lowest BCUT2D eigenvalue weighted by molar-refractivity contribution is -0.852. The summed E-state index contributed by atoms with van der Waals surface area (Å²) in [7, 11) is 4.01. The van der Waals surface area contributed by atoms with Crippen LogP contribution in [0.4, 0.5) is 0 Å². The number of quaternary nitrogens is 1. The Morgan fingerprint density at radius 3 is 2.36 bits per heavy atom. The van der Waals surface area contributed by atoms with E-state index in [1.54, 1.807) is 0 Å². The highest BCUT2D eigenvalue weighted by molar-refractivity contribution is 6.08. The highest BCUT2D eigenvalue weighted by Crippen LogP contribution is 2.04. The van der Waals surface area contributed by atoms with Gasteiger partial charge in [0.1, 0.15) is 6.54 Å². The molecule has 0 bridgehead atoms. The predicted octanol–water partition coefficient (Wildman–Crippen LogP) is 0.570. The minimum absolute atomic E-state index is 0.0480. The summed E-state index contributed by atoms with van der Waals surface area (Å²) in [4.78, 5) is 13.0. The van der Waals surface area contributed by atoms with Gasteiger partial charge in [0, 0.05) is 11.1 Å². The van der Waals surface area contributed by atoms with Gasteiger partial charge in [0.25, 0.3) is 0 Å². The molecular weight excluding hydrogens is 174 g/mol. The van der Waals surface area contributed by atoms with E-state index < -0.39 is 0 Å². The van der Waals surface area contributed by atoms with Crippen LogP contribution in [0, 0.1) is 0 Å². The molecule has 1 rings (SSSR count). The molecule has 1 aromatic carbocycles. The van der Waals surface area contributed by atoms with Crippen LogP contribution < -0.4 is 4.90 Å². The van der Waals surface area contributed by atoms with E-state index in [1.165, 1.54) is 4.90 Å².